The molecule has 1 aromatic carbocycles. The minimum Gasteiger partial charge on any atom is -0.434 e. The molecule has 0 atom stereocenters. The highest BCUT2D eigenvalue weighted by molar-refractivity contribution is 7.13. The number of nitrogens with zero attached hydrogens (tertiary/aromatic N) is 3. The van der Waals surface area contributed by atoms with E-state index in [1.165, 1.54) is 12.3 Å². The molecule has 0 fully saturated rings. The Bertz CT molecular complexity index is 1150. The van der Waals surface area contributed by atoms with Crippen molar-refractivity contribution in [3.05, 3.63) is 64.0 Å². The molecule has 3 heterocycles. The van der Waals surface area contributed by atoms with E-state index >= 15 is 0 Å². The van der Waals surface area contributed by atoms with Crippen molar-refractivity contribution in [2.24, 2.45) is 0 Å². The molecule has 3 aromatic heterocycles. The van der Waals surface area contributed by atoms with E-state index < -0.39 is 17.4 Å². The molecule has 4 aromatic rings. The average molecular weight is 390 g/mol. The van der Waals surface area contributed by atoms with Crippen LogP contribution in [-0.4, -0.2) is 19.9 Å². The average Bonchev–Trinajstić information content (AvgIpc) is 3.32. The summed E-state index contributed by atoms with van der Waals surface area (Å²) in [4.78, 5) is 26.1. The summed E-state index contributed by atoms with van der Waals surface area (Å²) in [5, 5.41) is 0.813. The van der Waals surface area contributed by atoms with Crippen molar-refractivity contribution in [2.75, 3.05) is 0 Å². The Morgan fingerprint density at radius 3 is 2.59 bits per heavy atom. The van der Waals surface area contributed by atoms with E-state index in [-0.39, 0.29) is 22.3 Å². The van der Waals surface area contributed by atoms with Gasteiger partial charge in [0.05, 0.1) is 6.20 Å². The van der Waals surface area contributed by atoms with Gasteiger partial charge >= 0.3 is 6.18 Å². The summed E-state index contributed by atoms with van der Waals surface area (Å²) >= 11 is 0.734. The molecule has 10 heteroatoms. The molecule has 0 saturated heterocycles. The van der Waals surface area contributed by atoms with Crippen LogP contribution in [0, 0.1) is 0 Å². The third-order valence-corrected chi connectivity index (χ3v) is 4.37. The Labute approximate surface area is 153 Å². The predicted molar refractivity (Wildman–Crippen MR) is 91.9 cm³/mol. The Balaban J connectivity index is 1.72. The molecule has 0 saturated carbocycles. The maximum atomic E-state index is 12.7. The third-order valence-electron chi connectivity index (χ3n) is 3.52. The van der Waals surface area contributed by atoms with Gasteiger partial charge in [-0.2, -0.15) is 13.2 Å². The van der Waals surface area contributed by atoms with Gasteiger partial charge in [-0.25, -0.2) is 15.0 Å². The van der Waals surface area contributed by atoms with Gasteiger partial charge in [-0.3, -0.25) is 4.79 Å². The van der Waals surface area contributed by atoms with E-state index in [1.54, 1.807) is 12.1 Å². The van der Waals surface area contributed by atoms with Gasteiger partial charge in [-0.15, -0.1) is 11.3 Å². The van der Waals surface area contributed by atoms with Crippen LogP contribution in [0.25, 0.3) is 33.7 Å². The zero-order valence-electron chi connectivity index (χ0n) is 13.3. The Morgan fingerprint density at radius 2 is 1.89 bits per heavy atom. The summed E-state index contributed by atoms with van der Waals surface area (Å²) in [6, 6.07) is 10.3. The van der Waals surface area contributed by atoms with Crippen molar-refractivity contribution >= 4 is 11.3 Å². The van der Waals surface area contributed by atoms with Crippen LogP contribution in [0.2, 0.25) is 0 Å². The monoisotopic (exact) mass is 390 g/mol. The number of oxazole rings is 1. The minimum absolute atomic E-state index is 0.0518. The second kappa shape index (κ2) is 6.47. The number of rotatable bonds is 3. The number of nitrogens with one attached hydrogen (secondary N) is 1. The Morgan fingerprint density at radius 1 is 1.11 bits per heavy atom. The van der Waals surface area contributed by atoms with Crippen molar-refractivity contribution < 1.29 is 17.6 Å². The van der Waals surface area contributed by atoms with Gasteiger partial charge in [0.25, 0.3) is 5.56 Å². The van der Waals surface area contributed by atoms with Gasteiger partial charge in [-0.1, -0.05) is 18.2 Å². The largest absolute Gasteiger partial charge is 0.434 e. The van der Waals surface area contributed by atoms with E-state index in [1.807, 2.05) is 18.2 Å². The first-order chi connectivity index (χ1) is 12.9. The molecular weight excluding hydrogens is 381 g/mol. The fraction of sp³-hybridized carbons (Fsp3) is 0.0588. The van der Waals surface area contributed by atoms with Crippen LogP contribution >= 0.6 is 11.3 Å². The molecule has 27 heavy (non-hydrogen) atoms. The van der Waals surface area contributed by atoms with E-state index in [0.717, 1.165) is 22.3 Å². The third kappa shape index (κ3) is 3.51. The zero-order valence-corrected chi connectivity index (χ0v) is 14.1. The smallest absolute Gasteiger partial charge is 0.434 e. The predicted octanol–water partition coefficient (Wildman–Crippen LogP) is 4.23. The number of halogens is 3. The highest BCUT2D eigenvalue weighted by Crippen LogP contribution is 2.33. The van der Waals surface area contributed by atoms with E-state index in [4.69, 9.17) is 4.42 Å². The first-order valence-corrected chi connectivity index (χ1v) is 8.44. The summed E-state index contributed by atoms with van der Waals surface area (Å²) in [6.45, 7) is 0. The maximum absolute atomic E-state index is 12.7. The molecule has 1 N–H and O–H groups in total. The lowest BCUT2D eigenvalue weighted by Crippen LogP contribution is -2.09. The summed E-state index contributed by atoms with van der Waals surface area (Å²) in [5.41, 5.74) is -0.700. The fourth-order valence-electron chi connectivity index (χ4n) is 2.30. The number of benzene rings is 1. The van der Waals surface area contributed by atoms with Crippen LogP contribution in [0.4, 0.5) is 13.2 Å². The standard InChI is InChI=1S/C17H9F3N4O2S/c18-17(19,20)12-8-27-16(23-12)14-22-10(6-13(25)24-14)11-7-21-15(26-11)9-4-2-1-3-5-9/h1-8H,(H,22,24,25). The molecule has 0 spiro atoms. The summed E-state index contributed by atoms with van der Waals surface area (Å²) in [6.07, 6.45) is -3.17. The lowest BCUT2D eigenvalue weighted by Gasteiger charge is -2.01. The molecule has 0 aliphatic rings. The van der Waals surface area contributed by atoms with E-state index in [0.29, 0.717) is 5.89 Å². The van der Waals surface area contributed by atoms with Gasteiger partial charge in [0, 0.05) is 17.0 Å². The zero-order chi connectivity index (χ0) is 19.0. The van der Waals surface area contributed by atoms with Gasteiger partial charge in [0.15, 0.2) is 22.3 Å². The van der Waals surface area contributed by atoms with Crippen LogP contribution < -0.4 is 5.56 Å². The Hall–Kier alpha value is -3.27. The first kappa shape index (κ1) is 17.2. The molecule has 0 radical (unpaired) electrons. The van der Waals surface area contributed by atoms with Crippen molar-refractivity contribution in [3.63, 3.8) is 0 Å². The molecular formula is C17H9F3N4O2S. The molecule has 136 valence electrons. The quantitative estimate of drug-likeness (QED) is 0.566. The van der Waals surface area contributed by atoms with Crippen LogP contribution in [0.1, 0.15) is 5.69 Å². The highest BCUT2D eigenvalue weighted by Gasteiger charge is 2.34. The SMILES string of the molecule is O=c1cc(-c2cnc(-c3ccccc3)o2)nc(-c2nc(C(F)(F)F)cs2)[nH]1. The Kier molecular flexibility index (Phi) is 4.11. The molecule has 4 rings (SSSR count). The lowest BCUT2D eigenvalue weighted by atomic mass is 10.2. The van der Waals surface area contributed by atoms with Crippen LogP contribution in [0.3, 0.4) is 0 Å². The van der Waals surface area contributed by atoms with Crippen molar-refractivity contribution in [2.45, 2.75) is 6.18 Å². The van der Waals surface area contributed by atoms with Crippen LogP contribution in [0.5, 0.6) is 0 Å². The molecule has 0 amide bonds. The molecule has 6 nitrogen and oxygen atoms in total. The van der Waals surface area contributed by atoms with Gasteiger partial charge in [-0.05, 0) is 12.1 Å². The number of aromatic nitrogens is 4. The van der Waals surface area contributed by atoms with Crippen molar-refractivity contribution in [3.8, 4) is 33.7 Å². The first-order valence-electron chi connectivity index (χ1n) is 7.56. The van der Waals surface area contributed by atoms with Crippen LogP contribution in [-0.2, 0) is 6.18 Å². The normalized spacial score (nSPS) is 11.7. The molecule has 0 unspecified atom stereocenters. The number of hydrogen-bond donors (Lipinski definition) is 1. The summed E-state index contributed by atoms with van der Waals surface area (Å²) in [5.74, 6) is 0.479. The second-order valence-electron chi connectivity index (χ2n) is 5.41. The number of hydrogen-bond acceptors (Lipinski definition) is 6. The van der Waals surface area contributed by atoms with Gasteiger partial charge < -0.3 is 9.40 Å². The molecule has 0 bridgehead atoms. The molecule has 0 aliphatic heterocycles. The number of alkyl halides is 3. The number of aromatic amines is 1. The van der Waals surface area contributed by atoms with Gasteiger partial charge in [0.2, 0.25) is 5.89 Å². The van der Waals surface area contributed by atoms with Crippen LogP contribution in [0.15, 0.2) is 57.2 Å². The summed E-state index contributed by atoms with van der Waals surface area (Å²) < 4.78 is 43.8. The second-order valence-corrected chi connectivity index (χ2v) is 6.27. The lowest BCUT2D eigenvalue weighted by molar-refractivity contribution is -0.140. The van der Waals surface area contributed by atoms with Gasteiger partial charge in [0.1, 0.15) is 5.69 Å². The topological polar surface area (TPSA) is 84.7 Å². The summed E-state index contributed by atoms with van der Waals surface area (Å²) in [7, 11) is 0. The fourth-order valence-corrected chi connectivity index (χ4v) is 3.07. The van der Waals surface area contributed by atoms with E-state index in [9.17, 15) is 18.0 Å². The highest BCUT2D eigenvalue weighted by atomic mass is 32.1. The minimum atomic E-state index is -4.57. The van der Waals surface area contributed by atoms with Crippen molar-refractivity contribution in [1.82, 2.24) is 19.9 Å². The maximum Gasteiger partial charge on any atom is 0.434 e. The van der Waals surface area contributed by atoms with E-state index in [2.05, 4.69) is 19.9 Å². The number of H-pyrrole nitrogens is 1. The van der Waals surface area contributed by atoms with Crippen molar-refractivity contribution in [1.29, 1.82) is 0 Å². The molecule has 0 aliphatic carbocycles. The number of thiazole rings is 1.